The van der Waals surface area contributed by atoms with Crippen LogP contribution in [0.5, 0.6) is 0 Å². The van der Waals surface area contributed by atoms with E-state index in [1.54, 1.807) is 6.33 Å². The van der Waals surface area contributed by atoms with Crippen molar-refractivity contribution in [2.75, 3.05) is 19.6 Å². The molecule has 45 heavy (non-hydrogen) atoms. The summed E-state index contributed by atoms with van der Waals surface area (Å²) in [5.74, 6) is -0.0339. The van der Waals surface area contributed by atoms with Crippen molar-refractivity contribution in [1.29, 1.82) is 0 Å². The molecular formula is C35H40N6O4. The number of piperidine rings is 2. The molecule has 3 amide bonds. The third kappa shape index (κ3) is 7.23. The molecule has 234 valence electrons. The van der Waals surface area contributed by atoms with Crippen molar-refractivity contribution in [2.45, 2.75) is 70.3 Å². The molecular weight excluding hydrogens is 568 g/mol. The van der Waals surface area contributed by atoms with Crippen molar-refractivity contribution in [2.24, 2.45) is 0 Å². The fraction of sp³-hybridized carbons (Fsp3) is 0.400. The fourth-order valence-corrected chi connectivity index (χ4v) is 6.72. The lowest BCUT2D eigenvalue weighted by Gasteiger charge is -2.32. The summed E-state index contributed by atoms with van der Waals surface area (Å²) in [6, 6.07) is 16.7. The monoisotopic (exact) mass is 608 g/mol. The van der Waals surface area contributed by atoms with Crippen molar-refractivity contribution in [3.05, 3.63) is 88.9 Å². The lowest BCUT2D eigenvalue weighted by Crippen LogP contribution is -2.39. The van der Waals surface area contributed by atoms with Crippen LogP contribution in [0.4, 0.5) is 4.79 Å². The van der Waals surface area contributed by atoms with Gasteiger partial charge in [-0.15, -0.1) is 0 Å². The molecule has 6 rings (SSSR count). The molecule has 1 atom stereocenters. The van der Waals surface area contributed by atoms with Gasteiger partial charge in [-0.1, -0.05) is 36.4 Å². The van der Waals surface area contributed by atoms with Gasteiger partial charge in [-0.05, 0) is 111 Å². The summed E-state index contributed by atoms with van der Waals surface area (Å²) >= 11 is 0. The molecule has 1 unspecified atom stereocenters. The Morgan fingerprint density at radius 3 is 2.53 bits per heavy atom. The number of unbranched alkanes of at least 4 members (excludes halogenated alkanes) is 1. The highest BCUT2D eigenvalue weighted by Crippen LogP contribution is 2.31. The number of fused-ring (bicyclic) bond motifs is 1. The van der Waals surface area contributed by atoms with E-state index in [1.165, 1.54) is 11.1 Å². The van der Waals surface area contributed by atoms with Crippen LogP contribution in [-0.4, -0.2) is 62.1 Å². The smallest absolute Gasteiger partial charge is 0.404 e. The number of carbonyl (C=O) groups is 3. The molecule has 2 fully saturated rings. The van der Waals surface area contributed by atoms with Crippen LogP contribution in [0.2, 0.25) is 0 Å². The highest BCUT2D eigenvalue weighted by atomic mass is 16.4. The van der Waals surface area contributed by atoms with Crippen LogP contribution in [0.1, 0.15) is 78.2 Å². The predicted molar refractivity (Wildman–Crippen MR) is 171 cm³/mol. The van der Waals surface area contributed by atoms with Crippen molar-refractivity contribution in [3.8, 4) is 11.3 Å². The van der Waals surface area contributed by atoms with Crippen molar-refractivity contribution in [1.82, 2.24) is 30.1 Å². The average molecular weight is 609 g/mol. The Bertz CT molecular complexity index is 1690. The van der Waals surface area contributed by atoms with E-state index in [0.717, 1.165) is 85.2 Å². The maximum atomic E-state index is 12.2. The van der Waals surface area contributed by atoms with Crippen LogP contribution in [0.25, 0.3) is 16.8 Å². The number of nitrogens with one attached hydrogen (secondary N) is 2. The topological polar surface area (TPSA) is 129 Å². The molecule has 0 aliphatic carbocycles. The van der Waals surface area contributed by atoms with E-state index in [0.29, 0.717) is 18.8 Å². The van der Waals surface area contributed by atoms with Crippen LogP contribution in [0.15, 0.2) is 61.1 Å². The number of hydrogen-bond acceptors (Lipinski definition) is 6. The van der Waals surface area contributed by atoms with E-state index in [-0.39, 0.29) is 24.3 Å². The highest BCUT2D eigenvalue weighted by molar-refractivity contribution is 6.00. The minimum atomic E-state index is -1.03. The minimum absolute atomic E-state index is 0.174. The molecule has 2 saturated heterocycles. The Kier molecular flexibility index (Phi) is 9.21. The molecule has 10 heteroatoms. The Morgan fingerprint density at radius 1 is 1.02 bits per heavy atom. The summed E-state index contributed by atoms with van der Waals surface area (Å²) in [6.45, 7) is 5.55. The maximum Gasteiger partial charge on any atom is 0.404 e. The summed E-state index contributed by atoms with van der Waals surface area (Å²) in [5.41, 5.74) is 8.35. The quantitative estimate of drug-likeness (QED) is 0.167. The number of rotatable bonds is 10. The number of benzene rings is 2. The number of amides is 3. The molecule has 2 aliphatic rings. The van der Waals surface area contributed by atoms with E-state index >= 15 is 0 Å². The molecule has 0 saturated carbocycles. The maximum absolute atomic E-state index is 12.2. The Labute approximate surface area is 262 Å². The van der Waals surface area contributed by atoms with Crippen LogP contribution in [0.3, 0.4) is 0 Å². The van der Waals surface area contributed by atoms with E-state index in [9.17, 15) is 14.4 Å². The lowest BCUT2D eigenvalue weighted by atomic mass is 9.86. The lowest BCUT2D eigenvalue weighted by molar-refractivity contribution is -0.134. The summed E-state index contributed by atoms with van der Waals surface area (Å²) < 4.78 is 1.90. The van der Waals surface area contributed by atoms with Crippen LogP contribution >= 0.6 is 0 Å². The first kappa shape index (κ1) is 30.5. The first-order chi connectivity index (χ1) is 21.8. The van der Waals surface area contributed by atoms with Gasteiger partial charge in [-0.25, -0.2) is 14.3 Å². The molecule has 4 heterocycles. The van der Waals surface area contributed by atoms with Gasteiger partial charge in [-0.2, -0.15) is 5.10 Å². The van der Waals surface area contributed by atoms with Crippen LogP contribution < -0.4 is 10.6 Å². The number of aryl methyl sites for hydroxylation is 2. The first-order valence-electron chi connectivity index (χ1n) is 15.9. The summed E-state index contributed by atoms with van der Waals surface area (Å²) in [5, 5.41) is 18.2. The van der Waals surface area contributed by atoms with E-state index < -0.39 is 6.09 Å². The number of likely N-dealkylation sites (tertiary alicyclic amines) is 1. The van der Waals surface area contributed by atoms with Gasteiger partial charge in [0.25, 0.3) is 0 Å². The van der Waals surface area contributed by atoms with Gasteiger partial charge in [0.1, 0.15) is 6.33 Å². The van der Waals surface area contributed by atoms with E-state index in [4.69, 9.17) is 5.11 Å². The summed E-state index contributed by atoms with van der Waals surface area (Å²) in [6.07, 6.45) is 9.14. The van der Waals surface area contributed by atoms with Gasteiger partial charge in [-0.3, -0.25) is 14.9 Å². The molecule has 0 bridgehead atoms. The average Bonchev–Trinajstić information content (AvgIpc) is 3.46. The van der Waals surface area contributed by atoms with E-state index in [1.807, 2.05) is 29.6 Å². The molecule has 0 spiro atoms. The number of aromatic nitrogens is 3. The molecule has 2 aromatic heterocycles. The number of carbonyl (C=O) groups excluding carboxylic acids is 2. The van der Waals surface area contributed by atoms with Gasteiger partial charge in [0.15, 0.2) is 0 Å². The normalized spacial score (nSPS) is 17.8. The third-order valence-corrected chi connectivity index (χ3v) is 9.34. The van der Waals surface area contributed by atoms with Gasteiger partial charge in [0.05, 0.1) is 17.1 Å². The fourth-order valence-electron chi connectivity index (χ4n) is 6.72. The third-order valence-electron chi connectivity index (χ3n) is 9.34. The number of carboxylic acid groups (broad SMARTS) is 1. The van der Waals surface area contributed by atoms with Crippen molar-refractivity contribution < 1.29 is 19.5 Å². The summed E-state index contributed by atoms with van der Waals surface area (Å²) in [7, 11) is 0. The van der Waals surface area contributed by atoms with Gasteiger partial charge in [0, 0.05) is 24.7 Å². The standard InChI is InChI=1S/C35H40N6O4/c1-23-18-28(9-10-29(23)20-36-35(44)45)33-31-19-24(21-41(31)38-22-37-33)4-2-3-15-40-16-13-26(14-17-40)25-5-7-27(8-6-25)30-11-12-32(42)39-34(30)43/h5-10,18-19,21-22,26,30,36H,2-4,11-17,20H2,1H3,(H,44,45)(H,39,42,43). The van der Waals surface area contributed by atoms with Crippen LogP contribution in [0, 0.1) is 6.92 Å². The Morgan fingerprint density at radius 2 is 1.80 bits per heavy atom. The molecule has 10 nitrogen and oxygen atoms in total. The number of imide groups is 1. The predicted octanol–water partition coefficient (Wildman–Crippen LogP) is 5.19. The molecule has 2 aliphatic heterocycles. The Hall–Kier alpha value is -4.57. The molecule has 2 aromatic carbocycles. The van der Waals surface area contributed by atoms with Gasteiger partial charge in [0.2, 0.25) is 11.8 Å². The number of hydrogen-bond donors (Lipinski definition) is 3. The SMILES string of the molecule is Cc1cc(-c2ncnn3cc(CCCCN4CCC(c5ccc(C6CCC(=O)NC6=O)cc5)CC4)cc23)ccc1CNC(=O)O. The zero-order chi connectivity index (χ0) is 31.3. The van der Waals surface area contributed by atoms with Crippen molar-refractivity contribution >= 4 is 23.4 Å². The van der Waals surface area contributed by atoms with Gasteiger partial charge >= 0.3 is 6.09 Å². The Balaban J connectivity index is 0.972. The minimum Gasteiger partial charge on any atom is -0.465 e. The summed E-state index contributed by atoms with van der Waals surface area (Å²) in [4.78, 5) is 41.7. The second-order valence-electron chi connectivity index (χ2n) is 12.3. The second-order valence-corrected chi connectivity index (χ2v) is 12.3. The zero-order valence-corrected chi connectivity index (χ0v) is 25.7. The highest BCUT2D eigenvalue weighted by Gasteiger charge is 2.28. The van der Waals surface area contributed by atoms with E-state index in [2.05, 4.69) is 62.1 Å². The van der Waals surface area contributed by atoms with Crippen molar-refractivity contribution in [3.63, 3.8) is 0 Å². The molecule has 0 radical (unpaired) electrons. The first-order valence-corrected chi connectivity index (χ1v) is 15.9. The molecule has 3 N–H and O–H groups in total. The second kappa shape index (κ2) is 13.6. The van der Waals surface area contributed by atoms with Gasteiger partial charge < -0.3 is 15.3 Å². The zero-order valence-electron chi connectivity index (χ0n) is 25.7. The largest absolute Gasteiger partial charge is 0.465 e. The number of nitrogens with zero attached hydrogens (tertiary/aromatic N) is 4. The molecule has 4 aromatic rings. The van der Waals surface area contributed by atoms with Crippen LogP contribution in [-0.2, 0) is 22.6 Å².